The van der Waals surface area contributed by atoms with Crippen molar-refractivity contribution in [1.82, 2.24) is 9.88 Å². The summed E-state index contributed by atoms with van der Waals surface area (Å²) < 4.78 is 1.89. The second-order valence-electron chi connectivity index (χ2n) is 9.35. The number of aryl methyl sites for hydroxylation is 2. The quantitative estimate of drug-likeness (QED) is 0.395. The van der Waals surface area contributed by atoms with E-state index in [2.05, 4.69) is 37.9 Å². The number of piperidine rings is 1. The van der Waals surface area contributed by atoms with Gasteiger partial charge in [0, 0.05) is 47.0 Å². The van der Waals surface area contributed by atoms with E-state index in [4.69, 9.17) is 10.1 Å². The second-order valence-corrected chi connectivity index (χ2v) is 11.1. The van der Waals surface area contributed by atoms with E-state index >= 15 is 0 Å². The molecule has 4 rings (SSSR count). The molecular weight excluding hydrogens is 564 g/mol. The summed E-state index contributed by atoms with van der Waals surface area (Å²) in [6.07, 6.45) is 8.19. The topological polar surface area (TPSA) is 90.7 Å². The number of hydrogen-bond donors (Lipinski definition) is 2. The normalized spacial score (nSPS) is 18.2. The van der Waals surface area contributed by atoms with Gasteiger partial charge in [0.15, 0.2) is 0 Å². The molecule has 182 valence electrons. The number of pyridine rings is 1. The fourth-order valence-electron chi connectivity index (χ4n) is 5.42. The summed E-state index contributed by atoms with van der Waals surface area (Å²) in [6, 6.07) is 5.83. The molecule has 1 amide bonds. The number of phenols is 1. The number of phenolic OH excluding ortho intramolecular Hbond substituents is 1. The highest BCUT2D eigenvalue weighted by Gasteiger charge is 2.36. The molecule has 0 spiro atoms. The summed E-state index contributed by atoms with van der Waals surface area (Å²) >= 11 is 7.30. The number of aromatic hydroxyl groups is 1. The van der Waals surface area contributed by atoms with Gasteiger partial charge in [0.05, 0.1) is 5.69 Å². The molecule has 2 N–H and O–H groups in total. The molecule has 0 saturated carbocycles. The molecule has 1 unspecified atom stereocenters. The van der Waals surface area contributed by atoms with Crippen LogP contribution in [0.3, 0.4) is 0 Å². The van der Waals surface area contributed by atoms with E-state index in [1.807, 2.05) is 17.2 Å². The number of likely N-dealkylation sites (tertiary alicyclic amines) is 1. The number of carbonyl (C=O) groups is 2. The summed E-state index contributed by atoms with van der Waals surface area (Å²) in [7, 11) is 0. The van der Waals surface area contributed by atoms with Crippen LogP contribution in [0.4, 0.5) is 0 Å². The zero-order valence-corrected chi connectivity index (χ0v) is 22.3. The third-order valence-corrected chi connectivity index (χ3v) is 8.17. The standard InChI is InChI=1S/C26H30Br2N2O4/c27-19-12-18-7-6-17-13-20(31)14-21(28)24(17)25(26(18)29-15-19)16-8-10-30(11-9-16)22(32)4-2-1-3-5-23(33)34/h12-16,25,31H,1-11H2,(H,33,34). The molecule has 1 aromatic carbocycles. The number of rotatable bonds is 7. The highest BCUT2D eigenvalue weighted by molar-refractivity contribution is 9.10. The van der Waals surface area contributed by atoms with E-state index in [1.165, 1.54) is 11.1 Å². The molecule has 8 heteroatoms. The average Bonchev–Trinajstić information content (AvgIpc) is 2.95. The summed E-state index contributed by atoms with van der Waals surface area (Å²) in [5.74, 6) is 0.129. The predicted molar refractivity (Wildman–Crippen MR) is 137 cm³/mol. The number of amides is 1. The number of carboxylic acid groups (broad SMARTS) is 1. The first-order valence-electron chi connectivity index (χ1n) is 12.0. The van der Waals surface area contributed by atoms with Crippen LogP contribution in [0, 0.1) is 5.92 Å². The van der Waals surface area contributed by atoms with Crippen molar-refractivity contribution in [2.24, 2.45) is 5.92 Å². The lowest BCUT2D eigenvalue weighted by Crippen LogP contribution is -2.40. The number of aromatic nitrogens is 1. The van der Waals surface area contributed by atoms with Gasteiger partial charge in [-0.15, -0.1) is 0 Å². The molecule has 1 aliphatic heterocycles. The minimum absolute atomic E-state index is 0.115. The van der Waals surface area contributed by atoms with Gasteiger partial charge < -0.3 is 15.1 Å². The van der Waals surface area contributed by atoms with Crippen LogP contribution >= 0.6 is 31.9 Å². The Hall–Kier alpha value is -1.93. The fraction of sp³-hybridized carbons (Fsp3) is 0.500. The third-order valence-electron chi connectivity index (χ3n) is 7.08. The lowest BCUT2D eigenvalue weighted by molar-refractivity contribution is -0.137. The lowest BCUT2D eigenvalue weighted by atomic mass is 9.76. The molecule has 2 aliphatic rings. The van der Waals surface area contributed by atoms with E-state index in [0.717, 1.165) is 71.8 Å². The Bertz CT molecular complexity index is 1070. The van der Waals surface area contributed by atoms with E-state index in [-0.39, 0.29) is 24.0 Å². The van der Waals surface area contributed by atoms with Crippen LogP contribution in [0.5, 0.6) is 5.75 Å². The van der Waals surface area contributed by atoms with Crippen LogP contribution in [-0.2, 0) is 22.4 Å². The smallest absolute Gasteiger partial charge is 0.303 e. The summed E-state index contributed by atoms with van der Waals surface area (Å²) in [5.41, 5.74) is 4.72. The maximum absolute atomic E-state index is 12.7. The van der Waals surface area contributed by atoms with Gasteiger partial charge in [-0.25, -0.2) is 0 Å². The van der Waals surface area contributed by atoms with Gasteiger partial charge in [0.1, 0.15) is 5.75 Å². The molecule has 1 aromatic heterocycles. The number of unbranched alkanes of at least 4 members (excludes halogenated alkanes) is 2. The Morgan fingerprint density at radius 3 is 2.44 bits per heavy atom. The summed E-state index contributed by atoms with van der Waals surface area (Å²) in [5, 5.41) is 19.0. The second kappa shape index (κ2) is 11.2. The fourth-order valence-corrected chi connectivity index (χ4v) is 6.54. The van der Waals surface area contributed by atoms with Crippen LogP contribution in [0.1, 0.15) is 73.2 Å². The molecule has 1 atom stereocenters. The van der Waals surface area contributed by atoms with Crippen molar-refractivity contribution in [1.29, 1.82) is 0 Å². The molecule has 2 heterocycles. The van der Waals surface area contributed by atoms with Crippen LogP contribution in [-0.4, -0.2) is 45.1 Å². The van der Waals surface area contributed by atoms with Gasteiger partial charge in [-0.1, -0.05) is 22.4 Å². The maximum atomic E-state index is 12.7. The first-order valence-corrected chi connectivity index (χ1v) is 13.6. The number of halogens is 2. The van der Waals surface area contributed by atoms with Crippen molar-refractivity contribution in [2.75, 3.05) is 13.1 Å². The van der Waals surface area contributed by atoms with Crippen molar-refractivity contribution in [2.45, 2.75) is 63.7 Å². The highest BCUT2D eigenvalue weighted by atomic mass is 79.9. The van der Waals surface area contributed by atoms with Crippen LogP contribution < -0.4 is 0 Å². The summed E-state index contributed by atoms with van der Waals surface area (Å²) in [4.78, 5) is 30.2. The molecule has 1 saturated heterocycles. The number of hydrogen-bond acceptors (Lipinski definition) is 4. The molecule has 1 fully saturated rings. The number of nitrogens with zero attached hydrogens (tertiary/aromatic N) is 2. The third kappa shape index (κ3) is 5.82. The molecule has 34 heavy (non-hydrogen) atoms. The van der Waals surface area contributed by atoms with E-state index in [0.29, 0.717) is 18.8 Å². The first kappa shape index (κ1) is 25.2. The van der Waals surface area contributed by atoms with Crippen molar-refractivity contribution in [3.05, 3.63) is 55.7 Å². The van der Waals surface area contributed by atoms with E-state index in [9.17, 15) is 14.7 Å². The monoisotopic (exact) mass is 592 g/mol. The highest BCUT2D eigenvalue weighted by Crippen LogP contribution is 2.46. The SMILES string of the molecule is O=C(O)CCCCCC(=O)N1CCC(C2c3ncc(Br)cc3CCc3cc(O)cc(Br)c32)CC1. The van der Waals surface area contributed by atoms with Crippen LogP contribution in [0.25, 0.3) is 0 Å². The summed E-state index contributed by atoms with van der Waals surface area (Å²) in [6.45, 7) is 1.46. The Labute approximate surface area is 217 Å². The van der Waals surface area contributed by atoms with Gasteiger partial charge in [0.25, 0.3) is 0 Å². The van der Waals surface area contributed by atoms with Gasteiger partial charge in [-0.3, -0.25) is 14.6 Å². The van der Waals surface area contributed by atoms with Gasteiger partial charge in [-0.2, -0.15) is 0 Å². The molecular formula is C26H30Br2N2O4. The van der Waals surface area contributed by atoms with Crippen LogP contribution in [0.15, 0.2) is 33.3 Å². The molecule has 1 aliphatic carbocycles. The van der Waals surface area contributed by atoms with E-state index in [1.54, 1.807) is 6.07 Å². The van der Waals surface area contributed by atoms with Gasteiger partial charge >= 0.3 is 5.97 Å². The minimum Gasteiger partial charge on any atom is -0.508 e. The Morgan fingerprint density at radius 2 is 1.71 bits per heavy atom. The number of aliphatic carboxylic acids is 1. The van der Waals surface area contributed by atoms with Crippen molar-refractivity contribution in [3.8, 4) is 5.75 Å². The molecule has 0 bridgehead atoms. The average molecular weight is 594 g/mol. The van der Waals surface area contributed by atoms with E-state index < -0.39 is 5.97 Å². The Kier molecular flexibility index (Phi) is 8.30. The lowest BCUT2D eigenvalue weighted by Gasteiger charge is -2.37. The number of fused-ring (bicyclic) bond motifs is 2. The van der Waals surface area contributed by atoms with Crippen molar-refractivity contribution >= 4 is 43.7 Å². The van der Waals surface area contributed by atoms with Crippen LogP contribution in [0.2, 0.25) is 0 Å². The number of carboxylic acids is 1. The number of benzene rings is 1. The first-order chi connectivity index (χ1) is 16.3. The van der Waals surface area contributed by atoms with Crippen molar-refractivity contribution in [3.63, 3.8) is 0 Å². The largest absolute Gasteiger partial charge is 0.508 e. The maximum Gasteiger partial charge on any atom is 0.303 e. The molecule has 2 aromatic rings. The molecule has 0 radical (unpaired) electrons. The minimum atomic E-state index is -0.779. The van der Waals surface area contributed by atoms with Gasteiger partial charge in [-0.05, 0) is 95.3 Å². The zero-order chi connectivity index (χ0) is 24.2. The Morgan fingerprint density at radius 1 is 1.00 bits per heavy atom. The zero-order valence-electron chi connectivity index (χ0n) is 19.1. The van der Waals surface area contributed by atoms with Gasteiger partial charge in [0.2, 0.25) is 5.91 Å². The molecule has 6 nitrogen and oxygen atoms in total. The van der Waals surface area contributed by atoms with Crippen molar-refractivity contribution < 1.29 is 19.8 Å². The predicted octanol–water partition coefficient (Wildman–Crippen LogP) is 5.82. The number of carbonyl (C=O) groups excluding carboxylic acids is 1. The Balaban J connectivity index is 1.48.